The van der Waals surface area contributed by atoms with E-state index < -0.39 is 36.6 Å². The second-order valence-corrected chi connectivity index (χ2v) is 11.2. The van der Waals surface area contributed by atoms with Gasteiger partial charge in [0, 0.05) is 0 Å². The standard InChI is InChI=1S/C19H24FNO3S2/c1-18(2,3)25(22)21-19(4,15-11-7-5-8-12-15)17(20)26(23,24)16-13-9-6-10-14-16/h5-14,17,21H,1-4H3/t17-,19-,25-/m1/s1. The van der Waals surface area contributed by atoms with E-state index in [9.17, 15) is 12.6 Å². The summed E-state index contributed by atoms with van der Waals surface area (Å²) in [5.74, 6) is 0. The minimum absolute atomic E-state index is 0.113. The maximum Gasteiger partial charge on any atom is 0.227 e. The number of nitrogens with one attached hydrogen (secondary N) is 1. The molecule has 142 valence electrons. The lowest BCUT2D eigenvalue weighted by atomic mass is 9.94. The number of hydrogen-bond donors (Lipinski definition) is 1. The van der Waals surface area contributed by atoms with Crippen LogP contribution in [0, 0.1) is 0 Å². The summed E-state index contributed by atoms with van der Waals surface area (Å²) < 4.78 is 56.0. The van der Waals surface area contributed by atoms with Gasteiger partial charge in [-0.2, -0.15) is 0 Å². The second-order valence-electron chi connectivity index (χ2n) is 7.23. The van der Waals surface area contributed by atoms with Crippen molar-refractivity contribution in [1.82, 2.24) is 4.72 Å². The zero-order valence-electron chi connectivity index (χ0n) is 15.3. The molecule has 0 fully saturated rings. The molecule has 1 N–H and O–H groups in total. The molecule has 0 aliphatic heterocycles. The number of sulfone groups is 1. The van der Waals surface area contributed by atoms with E-state index in [1.165, 1.54) is 19.1 Å². The zero-order valence-corrected chi connectivity index (χ0v) is 16.9. The van der Waals surface area contributed by atoms with Gasteiger partial charge in [0.15, 0.2) is 0 Å². The number of benzene rings is 2. The predicted molar refractivity (Wildman–Crippen MR) is 103 cm³/mol. The molecular weight excluding hydrogens is 373 g/mol. The van der Waals surface area contributed by atoms with Gasteiger partial charge in [0.05, 0.1) is 26.2 Å². The lowest BCUT2D eigenvalue weighted by Crippen LogP contribution is -2.54. The van der Waals surface area contributed by atoms with Gasteiger partial charge in [-0.15, -0.1) is 0 Å². The van der Waals surface area contributed by atoms with Crippen LogP contribution in [-0.2, 0) is 26.4 Å². The Kier molecular flexibility index (Phi) is 6.05. The van der Waals surface area contributed by atoms with E-state index in [1.807, 2.05) is 0 Å². The summed E-state index contributed by atoms with van der Waals surface area (Å²) in [6.07, 6.45) is 0. The quantitative estimate of drug-likeness (QED) is 0.808. The van der Waals surface area contributed by atoms with Crippen LogP contribution in [0.25, 0.3) is 0 Å². The summed E-state index contributed by atoms with van der Waals surface area (Å²) in [4.78, 5) is -0.113. The van der Waals surface area contributed by atoms with Crippen molar-refractivity contribution in [2.24, 2.45) is 0 Å². The summed E-state index contributed by atoms with van der Waals surface area (Å²) >= 11 is 0. The Balaban J connectivity index is 2.56. The van der Waals surface area contributed by atoms with Crippen LogP contribution in [-0.4, -0.2) is 22.9 Å². The molecule has 2 aromatic rings. The third kappa shape index (κ3) is 4.22. The van der Waals surface area contributed by atoms with Crippen LogP contribution < -0.4 is 4.72 Å². The Labute approximate surface area is 157 Å². The Morgan fingerprint density at radius 1 is 0.923 bits per heavy atom. The average molecular weight is 398 g/mol. The van der Waals surface area contributed by atoms with Crippen molar-refractivity contribution in [3.05, 3.63) is 66.2 Å². The van der Waals surface area contributed by atoms with E-state index in [-0.39, 0.29) is 4.90 Å². The van der Waals surface area contributed by atoms with Gasteiger partial charge in [-0.25, -0.2) is 21.7 Å². The largest absolute Gasteiger partial charge is 0.242 e. The Bertz CT molecular complexity index is 865. The molecule has 0 heterocycles. The molecule has 0 amide bonds. The SMILES string of the molecule is CC(C)(C)[S@@](=O)N[C@](C)(c1ccccc1)[C@H](F)S(=O)(=O)c1ccccc1. The highest BCUT2D eigenvalue weighted by molar-refractivity contribution is 7.92. The molecule has 0 aliphatic carbocycles. The van der Waals surface area contributed by atoms with Crippen LogP contribution in [0.1, 0.15) is 33.3 Å². The second kappa shape index (κ2) is 7.58. The van der Waals surface area contributed by atoms with Gasteiger partial charge in [-0.05, 0) is 45.4 Å². The third-order valence-corrected chi connectivity index (χ3v) is 7.70. The molecule has 4 nitrogen and oxygen atoms in total. The molecular formula is C19H24FNO3S2. The maximum atomic E-state index is 15.6. The first-order chi connectivity index (χ1) is 12.0. The minimum atomic E-state index is -4.30. The monoisotopic (exact) mass is 397 g/mol. The van der Waals surface area contributed by atoms with Crippen LogP contribution in [0.3, 0.4) is 0 Å². The molecule has 7 heteroatoms. The van der Waals surface area contributed by atoms with E-state index in [0.717, 1.165) is 0 Å². The highest BCUT2D eigenvalue weighted by Gasteiger charge is 2.47. The summed E-state index contributed by atoms with van der Waals surface area (Å²) in [5.41, 5.74) is -3.61. The predicted octanol–water partition coefficient (Wildman–Crippen LogP) is 3.72. The van der Waals surface area contributed by atoms with Crippen molar-refractivity contribution in [2.75, 3.05) is 0 Å². The van der Waals surface area contributed by atoms with Crippen LogP contribution in [0.4, 0.5) is 4.39 Å². The van der Waals surface area contributed by atoms with E-state index in [4.69, 9.17) is 0 Å². The van der Waals surface area contributed by atoms with Gasteiger partial charge in [0.2, 0.25) is 15.3 Å². The van der Waals surface area contributed by atoms with E-state index in [1.54, 1.807) is 69.3 Å². The fourth-order valence-corrected chi connectivity index (χ4v) is 4.98. The number of rotatable bonds is 6. The van der Waals surface area contributed by atoms with E-state index in [2.05, 4.69) is 4.72 Å². The molecule has 0 radical (unpaired) electrons. The van der Waals surface area contributed by atoms with Crippen molar-refractivity contribution < 1.29 is 17.0 Å². The minimum Gasteiger partial charge on any atom is -0.242 e. The van der Waals surface area contributed by atoms with Crippen LogP contribution >= 0.6 is 0 Å². The van der Waals surface area contributed by atoms with Gasteiger partial charge >= 0.3 is 0 Å². The summed E-state index contributed by atoms with van der Waals surface area (Å²) in [6.45, 7) is 6.64. The Morgan fingerprint density at radius 3 is 1.85 bits per heavy atom. The van der Waals surface area contributed by atoms with Crippen molar-refractivity contribution in [1.29, 1.82) is 0 Å². The Morgan fingerprint density at radius 2 is 1.38 bits per heavy atom. The van der Waals surface area contributed by atoms with Gasteiger partial charge < -0.3 is 0 Å². The van der Waals surface area contributed by atoms with E-state index in [0.29, 0.717) is 5.56 Å². The van der Waals surface area contributed by atoms with Gasteiger partial charge in [0.25, 0.3) is 0 Å². The molecule has 2 rings (SSSR count). The first-order valence-electron chi connectivity index (χ1n) is 8.18. The molecule has 0 aromatic heterocycles. The molecule has 26 heavy (non-hydrogen) atoms. The summed E-state index contributed by atoms with van der Waals surface area (Å²) in [5, 5.41) is 0. The first kappa shape index (κ1) is 20.7. The van der Waals surface area contributed by atoms with E-state index >= 15 is 4.39 Å². The lowest BCUT2D eigenvalue weighted by Gasteiger charge is -2.36. The average Bonchev–Trinajstić information content (AvgIpc) is 2.61. The van der Waals surface area contributed by atoms with Gasteiger partial charge in [0.1, 0.15) is 0 Å². The number of halogens is 1. The zero-order chi connectivity index (χ0) is 19.6. The van der Waals surface area contributed by atoms with Crippen molar-refractivity contribution in [2.45, 2.75) is 48.4 Å². The van der Waals surface area contributed by atoms with Gasteiger partial charge in [-0.1, -0.05) is 48.5 Å². The molecule has 3 atom stereocenters. The molecule has 0 spiro atoms. The molecule has 0 saturated carbocycles. The smallest absolute Gasteiger partial charge is 0.227 e. The fraction of sp³-hybridized carbons (Fsp3) is 0.368. The molecule has 0 aliphatic rings. The maximum absolute atomic E-state index is 15.6. The van der Waals surface area contributed by atoms with Crippen molar-refractivity contribution in [3.63, 3.8) is 0 Å². The van der Waals surface area contributed by atoms with Crippen LogP contribution in [0.15, 0.2) is 65.6 Å². The Hall–Kier alpha value is -1.57. The highest BCUT2D eigenvalue weighted by atomic mass is 32.2. The van der Waals surface area contributed by atoms with Gasteiger partial charge in [-0.3, -0.25) is 0 Å². The van der Waals surface area contributed by atoms with Crippen molar-refractivity contribution in [3.8, 4) is 0 Å². The normalized spacial score (nSPS) is 17.3. The number of hydrogen-bond acceptors (Lipinski definition) is 3. The number of alkyl halides is 1. The fourth-order valence-electron chi connectivity index (χ4n) is 2.41. The molecule has 0 unspecified atom stereocenters. The lowest BCUT2D eigenvalue weighted by molar-refractivity contribution is 0.261. The summed E-state index contributed by atoms with van der Waals surface area (Å²) in [6, 6.07) is 15.8. The molecule has 0 bridgehead atoms. The molecule has 2 aromatic carbocycles. The molecule has 0 saturated heterocycles. The third-order valence-electron chi connectivity index (χ3n) is 4.03. The highest BCUT2D eigenvalue weighted by Crippen LogP contribution is 2.35. The van der Waals surface area contributed by atoms with Crippen LogP contribution in [0.5, 0.6) is 0 Å². The van der Waals surface area contributed by atoms with Crippen LogP contribution in [0.2, 0.25) is 0 Å². The first-order valence-corrected chi connectivity index (χ1v) is 10.9. The van der Waals surface area contributed by atoms with Crippen molar-refractivity contribution >= 4 is 20.8 Å². The topological polar surface area (TPSA) is 63.2 Å². The summed E-state index contributed by atoms with van der Waals surface area (Å²) in [7, 11) is -5.97.